The molecule has 27 heavy (non-hydrogen) atoms. The van der Waals surface area contributed by atoms with Crippen LogP contribution in [0, 0.1) is 5.82 Å². The normalized spacial score (nSPS) is 20.8. The van der Waals surface area contributed by atoms with Crippen molar-refractivity contribution >= 4 is 5.91 Å². The van der Waals surface area contributed by atoms with Gasteiger partial charge in [0, 0.05) is 44.1 Å². The fourth-order valence-corrected chi connectivity index (χ4v) is 3.71. The maximum atomic E-state index is 13.7. The average molecular weight is 370 g/mol. The number of ether oxygens (including phenoxy) is 1. The molecule has 0 unspecified atom stereocenters. The van der Waals surface area contributed by atoms with Gasteiger partial charge in [-0.15, -0.1) is 0 Å². The van der Waals surface area contributed by atoms with Gasteiger partial charge in [0.2, 0.25) is 5.91 Å². The number of carbonyl (C=O) groups excluding carboxylic acids is 1. The molecule has 1 atom stereocenters. The summed E-state index contributed by atoms with van der Waals surface area (Å²) in [4.78, 5) is 25.4. The van der Waals surface area contributed by atoms with E-state index in [2.05, 4.69) is 14.9 Å². The Labute approximate surface area is 158 Å². The first-order chi connectivity index (χ1) is 13.2. The first-order valence-electron chi connectivity index (χ1n) is 9.39. The molecule has 1 aromatic heterocycles. The van der Waals surface area contributed by atoms with Gasteiger partial charge >= 0.3 is 0 Å². The van der Waals surface area contributed by atoms with Crippen LogP contribution in [0.3, 0.4) is 0 Å². The number of amides is 1. The van der Waals surface area contributed by atoms with Crippen molar-refractivity contribution in [1.29, 1.82) is 0 Å². The van der Waals surface area contributed by atoms with Gasteiger partial charge in [-0.1, -0.05) is 12.1 Å². The Balaban J connectivity index is 1.51. The van der Waals surface area contributed by atoms with Crippen LogP contribution in [-0.2, 0) is 9.53 Å². The van der Waals surface area contributed by atoms with Crippen molar-refractivity contribution in [3.63, 3.8) is 0 Å². The van der Waals surface area contributed by atoms with E-state index in [9.17, 15) is 9.18 Å². The van der Waals surface area contributed by atoms with E-state index in [1.807, 2.05) is 11.0 Å². The second-order valence-corrected chi connectivity index (χ2v) is 6.98. The van der Waals surface area contributed by atoms with Gasteiger partial charge in [0.15, 0.2) is 0 Å². The van der Waals surface area contributed by atoms with Crippen LogP contribution in [0.25, 0.3) is 11.3 Å². The van der Waals surface area contributed by atoms with Crippen LogP contribution in [-0.4, -0.2) is 65.0 Å². The average Bonchev–Trinajstić information content (AvgIpc) is 3.23. The Kier molecular flexibility index (Phi) is 5.40. The Morgan fingerprint density at radius 3 is 2.81 bits per heavy atom. The lowest BCUT2D eigenvalue weighted by molar-refractivity contribution is -0.133. The third-order valence-corrected chi connectivity index (χ3v) is 5.10. The summed E-state index contributed by atoms with van der Waals surface area (Å²) >= 11 is 0. The summed E-state index contributed by atoms with van der Waals surface area (Å²) in [5, 5.41) is 0. The number of hydrogen-bond acceptors (Lipinski definition) is 5. The number of hydrogen-bond donors (Lipinski definition) is 0. The summed E-state index contributed by atoms with van der Waals surface area (Å²) in [6, 6.07) is 6.33. The van der Waals surface area contributed by atoms with Gasteiger partial charge in [0.05, 0.1) is 24.5 Å². The molecule has 2 saturated heterocycles. The lowest BCUT2D eigenvalue weighted by Gasteiger charge is -2.33. The summed E-state index contributed by atoms with van der Waals surface area (Å²) in [6.45, 7) is 3.93. The first kappa shape index (κ1) is 18.0. The molecular weight excluding hydrogens is 347 g/mol. The SMILES string of the molecule is O=C(CN1CCO[C@@H](c2nccnc2-c2cccc(F)c2)C1)N1CCCC1. The van der Waals surface area contributed by atoms with E-state index >= 15 is 0 Å². The van der Waals surface area contributed by atoms with Crippen molar-refractivity contribution in [2.45, 2.75) is 18.9 Å². The molecule has 2 fully saturated rings. The third kappa shape index (κ3) is 4.14. The molecule has 1 amide bonds. The van der Waals surface area contributed by atoms with Crippen LogP contribution in [0.2, 0.25) is 0 Å². The van der Waals surface area contributed by atoms with Crippen LogP contribution in [0.15, 0.2) is 36.7 Å². The second-order valence-electron chi connectivity index (χ2n) is 6.98. The smallest absolute Gasteiger partial charge is 0.236 e. The Morgan fingerprint density at radius 1 is 1.19 bits per heavy atom. The van der Waals surface area contributed by atoms with Crippen molar-refractivity contribution in [2.75, 3.05) is 39.3 Å². The maximum absolute atomic E-state index is 13.7. The number of aromatic nitrogens is 2. The summed E-state index contributed by atoms with van der Waals surface area (Å²) in [5.41, 5.74) is 1.98. The number of nitrogens with zero attached hydrogens (tertiary/aromatic N) is 4. The van der Waals surface area contributed by atoms with E-state index in [4.69, 9.17) is 4.74 Å². The minimum absolute atomic E-state index is 0.178. The van der Waals surface area contributed by atoms with Crippen molar-refractivity contribution in [3.05, 3.63) is 48.2 Å². The highest BCUT2D eigenvalue weighted by Gasteiger charge is 2.29. The number of likely N-dealkylation sites (tertiary alicyclic amines) is 1. The zero-order valence-electron chi connectivity index (χ0n) is 15.2. The lowest BCUT2D eigenvalue weighted by Crippen LogP contribution is -2.45. The van der Waals surface area contributed by atoms with Gasteiger partial charge in [0.1, 0.15) is 11.9 Å². The number of halogens is 1. The molecule has 2 aromatic rings. The molecule has 0 saturated carbocycles. The molecule has 6 nitrogen and oxygen atoms in total. The molecule has 0 N–H and O–H groups in total. The lowest BCUT2D eigenvalue weighted by atomic mass is 10.1. The molecule has 2 aliphatic rings. The predicted octanol–water partition coefficient (Wildman–Crippen LogP) is 2.28. The Hall–Kier alpha value is -2.38. The molecular formula is C20H23FN4O2. The van der Waals surface area contributed by atoms with Crippen molar-refractivity contribution < 1.29 is 13.9 Å². The van der Waals surface area contributed by atoms with E-state index in [0.717, 1.165) is 25.9 Å². The molecule has 0 radical (unpaired) electrons. The molecule has 142 valence electrons. The number of morpholine rings is 1. The Bertz CT molecular complexity index is 810. The number of carbonyl (C=O) groups is 1. The van der Waals surface area contributed by atoms with Gasteiger partial charge in [-0.2, -0.15) is 0 Å². The minimum atomic E-state index is -0.313. The van der Waals surface area contributed by atoms with Gasteiger partial charge in [-0.25, -0.2) is 4.39 Å². The zero-order chi connectivity index (χ0) is 18.6. The zero-order valence-corrected chi connectivity index (χ0v) is 15.2. The van der Waals surface area contributed by atoms with E-state index < -0.39 is 0 Å². The Morgan fingerprint density at radius 2 is 2.00 bits per heavy atom. The van der Waals surface area contributed by atoms with Gasteiger partial charge in [-0.3, -0.25) is 19.7 Å². The van der Waals surface area contributed by atoms with Crippen LogP contribution < -0.4 is 0 Å². The van der Waals surface area contributed by atoms with Crippen molar-refractivity contribution in [2.24, 2.45) is 0 Å². The van der Waals surface area contributed by atoms with Gasteiger partial charge in [-0.05, 0) is 25.0 Å². The number of benzene rings is 1. The third-order valence-electron chi connectivity index (χ3n) is 5.10. The molecule has 7 heteroatoms. The molecule has 0 aliphatic carbocycles. The van der Waals surface area contributed by atoms with E-state index in [-0.39, 0.29) is 17.8 Å². The molecule has 2 aliphatic heterocycles. The van der Waals surface area contributed by atoms with Crippen LogP contribution >= 0.6 is 0 Å². The van der Waals surface area contributed by atoms with E-state index in [1.54, 1.807) is 18.5 Å². The summed E-state index contributed by atoms with van der Waals surface area (Å²) in [6.07, 6.45) is 5.11. The maximum Gasteiger partial charge on any atom is 0.236 e. The van der Waals surface area contributed by atoms with E-state index in [1.165, 1.54) is 12.1 Å². The van der Waals surface area contributed by atoms with Gasteiger partial charge < -0.3 is 9.64 Å². The standard InChI is InChI=1S/C20H23FN4O2/c21-16-5-3-4-15(12-16)19-20(23-7-6-22-19)17-13-24(10-11-27-17)14-18(26)25-8-1-2-9-25/h3-7,12,17H,1-2,8-11,13-14H2/t17-/m1/s1. The highest BCUT2D eigenvalue weighted by atomic mass is 19.1. The molecule has 4 rings (SSSR count). The summed E-state index contributed by atoms with van der Waals surface area (Å²) in [7, 11) is 0. The topological polar surface area (TPSA) is 58.6 Å². The molecule has 1 aromatic carbocycles. The minimum Gasteiger partial charge on any atom is -0.369 e. The summed E-state index contributed by atoms with van der Waals surface area (Å²) in [5.74, 6) is -0.135. The number of rotatable bonds is 4. The molecule has 3 heterocycles. The van der Waals surface area contributed by atoms with Crippen LogP contribution in [0.1, 0.15) is 24.6 Å². The fourth-order valence-electron chi connectivity index (χ4n) is 3.71. The van der Waals surface area contributed by atoms with Crippen LogP contribution in [0.4, 0.5) is 4.39 Å². The second kappa shape index (κ2) is 8.10. The molecule has 0 bridgehead atoms. The molecule has 0 spiro atoms. The first-order valence-corrected chi connectivity index (χ1v) is 9.39. The highest BCUT2D eigenvalue weighted by Crippen LogP contribution is 2.29. The fraction of sp³-hybridized carbons (Fsp3) is 0.450. The largest absolute Gasteiger partial charge is 0.369 e. The summed E-state index contributed by atoms with van der Waals surface area (Å²) < 4.78 is 19.6. The van der Waals surface area contributed by atoms with Gasteiger partial charge in [0.25, 0.3) is 0 Å². The highest BCUT2D eigenvalue weighted by molar-refractivity contribution is 5.78. The van der Waals surface area contributed by atoms with Crippen LogP contribution in [0.5, 0.6) is 0 Å². The predicted molar refractivity (Wildman–Crippen MR) is 98.4 cm³/mol. The van der Waals surface area contributed by atoms with Crippen molar-refractivity contribution in [1.82, 2.24) is 19.8 Å². The van der Waals surface area contributed by atoms with E-state index in [0.29, 0.717) is 43.2 Å². The van der Waals surface area contributed by atoms with Crippen molar-refractivity contribution in [3.8, 4) is 11.3 Å². The monoisotopic (exact) mass is 370 g/mol. The quantitative estimate of drug-likeness (QED) is 0.826.